The van der Waals surface area contributed by atoms with Gasteiger partial charge in [0.05, 0.1) is 25.6 Å². The van der Waals surface area contributed by atoms with Crippen LogP contribution >= 0.6 is 0 Å². The minimum atomic E-state index is -3.72. The van der Waals surface area contributed by atoms with Crippen molar-refractivity contribution < 1.29 is 22.5 Å². The average molecular weight is 430 g/mol. The van der Waals surface area contributed by atoms with Crippen molar-refractivity contribution in [3.63, 3.8) is 0 Å². The zero-order chi connectivity index (χ0) is 21.7. The maximum atomic E-state index is 12.4. The lowest BCUT2D eigenvalue weighted by atomic mass is 10.1. The Balaban J connectivity index is 1.67. The number of hydrogen-bond acceptors (Lipinski definition) is 7. The van der Waals surface area contributed by atoms with Crippen LogP contribution < -0.4 is 14.4 Å². The number of nitrogens with zero attached hydrogens (tertiary/aromatic N) is 3. The van der Waals surface area contributed by atoms with Gasteiger partial charge in [0.15, 0.2) is 0 Å². The predicted octanol–water partition coefficient (Wildman–Crippen LogP) is 2.14. The molecular weight excluding hydrogens is 408 g/mol. The Morgan fingerprint density at radius 1 is 1.17 bits per heavy atom. The third-order valence-electron chi connectivity index (χ3n) is 4.26. The van der Waals surface area contributed by atoms with Crippen molar-refractivity contribution in [1.82, 2.24) is 15.5 Å². The van der Waals surface area contributed by atoms with Gasteiger partial charge < -0.3 is 14.6 Å². The molecule has 0 aliphatic rings. The molecule has 0 spiro atoms. The van der Waals surface area contributed by atoms with E-state index in [1.807, 2.05) is 31.2 Å². The molecule has 0 aliphatic heterocycles. The van der Waals surface area contributed by atoms with Crippen LogP contribution in [0, 0.1) is 6.92 Å². The van der Waals surface area contributed by atoms with Crippen molar-refractivity contribution in [2.24, 2.45) is 0 Å². The summed E-state index contributed by atoms with van der Waals surface area (Å²) in [5, 5.41) is 6.50. The molecular formula is C20H22N4O5S. The Kier molecular flexibility index (Phi) is 6.36. The zero-order valence-electron chi connectivity index (χ0n) is 16.8. The first-order valence-corrected chi connectivity index (χ1v) is 10.9. The second-order valence-electron chi connectivity index (χ2n) is 6.60. The number of nitrogens with one attached hydrogen (secondary N) is 1. The molecule has 158 valence electrons. The summed E-state index contributed by atoms with van der Waals surface area (Å²) in [7, 11) is -2.29. The van der Waals surface area contributed by atoms with Gasteiger partial charge in [0.1, 0.15) is 12.3 Å². The first-order valence-electron chi connectivity index (χ1n) is 9.05. The van der Waals surface area contributed by atoms with Crippen LogP contribution in [0.3, 0.4) is 0 Å². The quantitative estimate of drug-likeness (QED) is 0.582. The highest BCUT2D eigenvalue weighted by Crippen LogP contribution is 2.29. The standard InChI is InChI=1S/C20H22N4O5S/c1-14-8-10-15(11-9-14)20-22-19(29-23-20)12-21-18(25)13-24(30(3,26)27)16-6-4-5-7-17(16)28-2/h4-11H,12-13H2,1-3H3,(H,21,25). The molecule has 0 radical (unpaired) electrons. The molecule has 9 nitrogen and oxygen atoms in total. The van der Waals surface area contributed by atoms with Crippen molar-refractivity contribution in [2.45, 2.75) is 13.5 Å². The summed E-state index contributed by atoms with van der Waals surface area (Å²) in [4.78, 5) is 16.7. The molecule has 0 unspecified atom stereocenters. The van der Waals surface area contributed by atoms with E-state index in [1.165, 1.54) is 7.11 Å². The van der Waals surface area contributed by atoms with Gasteiger partial charge >= 0.3 is 0 Å². The van der Waals surface area contributed by atoms with Gasteiger partial charge in [0.25, 0.3) is 0 Å². The van der Waals surface area contributed by atoms with Gasteiger partial charge in [-0.1, -0.05) is 47.1 Å². The molecule has 2 aromatic carbocycles. The Morgan fingerprint density at radius 2 is 1.87 bits per heavy atom. The number of carbonyl (C=O) groups is 1. The highest BCUT2D eigenvalue weighted by atomic mass is 32.2. The van der Waals surface area contributed by atoms with Crippen LogP contribution in [0.4, 0.5) is 5.69 Å². The molecule has 1 aromatic heterocycles. The fraction of sp³-hybridized carbons (Fsp3) is 0.250. The number of benzene rings is 2. The van der Waals surface area contributed by atoms with Gasteiger partial charge in [0.2, 0.25) is 27.6 Å². The Hall–Kier alpha value is -3.40. The number of carbonyl (C=O) groups excluding carboxylic acids is 1. The fourth-order valence-electron chi connectivity index (χ4n) is 2.72. The molecule has 30 heavy (non-hydrogen) atoms. The van der Waals surface area contributed by atoms with E-state index in [4.69, 9.17) is 9.26 Å². The summed E-state index contributed by atoms with van der Waals surface area (Å²) >= 11 is 0. The third kappa shape index (κ3) is 5.15. The molecule has 0 saturated heterocycles. The number of ether oxygens (including phenoxy) is 1. The van der Waals surface area contributed by atoms with E-state index >= 15 is 0 Å². The van der Waals surface area contributed by atoms with E-state index in [1.54, 1.807) is 24.3 Å². The molecule has 0 bridgehead atoms. The maximum absolute atomic E-state index is 12.4. The van der Waals surface area contributed by atoms with Gasteiger partial charge in [-0.2, -0.15) is 4.98 Å². The molecule has 10 heteroatoms. The topological polar surface area (TPSA) is 115 Å². The number of aromatic nitrogens is 2. The molecule has 0 atom stereocenters. The number of rotatable bonds is 8. The maximum Gasteiger partial charge on any atom is 0.246 e. The summed E-state index contributed by atoms with van der Waals surface area (Å²) in [6, 6.07) is 14.2. The predicted molar refractivity (Wildman–Crippen MR) is 112 cm³/mol. The summed E-state index contributed by atoms with van der Waals surface area (Å²) in [5.74, 6) is 0.435. The lowest BCUT2D eigenvalue weighted by Gasteiger charge is -2.23. The highest BCUT2D eigenvalue weighted by molar-refractivity contribution is 7.92. The molecule has 1 heterocycles. The molecule has 1 amide bonds. The van der Waals surface area contributed by atoms with Crippen LogP contribution in [-0.4, -0.2) is 44.4 Å². The Labute approximate surface area is 174 Å². The fourth-order valence-corrected chi connectivity index (χ4v) is 3.58. The van der Waals surface area contributed by atoms with E-state index in [9.17, 15) is 13.2 Å². The molecule has 0 aliphatic carbocycles. The van der Waals surface area contributed by atoms with Crippen molar-refractivity contribution in [3.8, 4) is 17.1 Å². The number of amides is 1. The zero-order valence-corrected chi connectivity index (χ0v) is 17.6. The van der Waals surface area contributed by atoms with Crippen LogP contribution in [0.5, 0.6) is 5.75 Å². The van der Waals surface area contributed by atoms with Gasteiger partial charge in [-0.15, -0.1) is 0 Å². The summed E-state index contributed by atoms with van der Waals surface area (Å²) < 4.78 is 35.8. The number of aryl methyl sites for hydroxylation is 1. The smallest absolute Gasteiger partial charge is 0.246 e. The van der Waals surface area contributed by atoms with Crippen molar-refractivity contribution in [3.05, 3.63) is 60.0 Å². The average Bonchev–Trinajstić information content (AvgIpc) is 3.19. The van der Waals surface area contributed by atoms with Crippen LogP contribution in [0.1, 0.15) is 11.5 Å². The normalized spacial score (nSPS) is 11.2. The van der Waals surface area contributed by atoms with E-state index < -0.39 is 22.5 Å². The second kappa shape index (κ2) is 8.95. The van der Waals surface area contributed by atoms with Gasteiger partial charge in [-0.3, -0.25) is 9.10 Å². The number of hydrogen-bond donors (Lipinski definition) is 1. The van der Waals surface area contributed by atoms with Gasteiger partial charge in [-0.05, 0) is 19.1 Å². The van der Waals surface area contributed by atoms with E-state index in [-0.39, 0.29) is 18.1 Å². The van der Waals surface area contributed by atoms with Crippen LogP contribution in [0.2, 0.25) is 0 Å². The lowest BCUT2D eigenvalue weighted by Crippen LogP contribution is -2.40. The molecule has 0 saturated carbocycles. The first-order chi connectivity index (χ1) is 14.3. The van der Waals surface area contributed by atoms with Crippen molar-refractivity contribution >= 4 is 21.6 Å². The van der Waals surface area contributed by atoms with E-state index in [2.05, 4.69) is 15.5 Å². The molecule has 3 rings (SSSR count). The number of para-hydroxylation sites is 2. The van der Waals surface area contributed by atoms with Crippen molar-refractivity contribution in [1.29, 1.82) is 0 Å². The van der Waals surface area contributed by atoms with Crippen LogP contribution in [-0.2, 0) is 21.4 Å². The SMILES string of the molecule is COc1ccccc1N(CC(=O)NCc1nc(-c2ccc(C)cc2)no1)S(C)(=O)=O. The number of sulfonamides is 1. The Morgan fingerprint density at radius 3 is 2.53 bits per heavy atom. The summed E-state index contributed by atoms with van der Waals surface area (Å²) in [6.45, 7) is 1.53. The second-order valence-corrected chi connectivity index (χ2v) is 8.50. The van der Waals surface area contributed by atoms with Crippen LogP contribution in [0.15, 0.2) is 53.1 Å². The number of anilines is 1. The molecule has 1 N–H and O–H groups in total. The van der Waals surface area contributed by atoms with Gasteiger partial charge in [-0.25, -0.2) is 8.42 Å². The Bertz CT molecular complexity index is 1130. The largest absolute Gasteiger partial charge is 0.495 e. The summed E-state index contributed by atoms with van der Waals surface area (Å²) in [5.41, 5.74) is 2.18. The van der Waals surface area contributed by atoms with Gasteiger partial charge in [0, 0.05) is 5.56 Å². The minimum absolute atomic E-state index is 0.0266. The highest BCUT2D eigenvalue weighted by Gasteiger charge is 2.24. The van der Waals surface area contributed by atoms with E-state index in [0.717, 1.165) is 21.7 Å². The van der Waals surface area contributed by atoms with E-state index in [0.29, 0.717) is 11.6 Å². The van der Waals surface area contributed by atoms with Crippen molar-refractivity contribution in [2.75, 3.05) is 24.2 Å². The first kappa shape index (κ1) is 21.3. The third-order valence-corrected chi connectivity index (χ3v) is 5.38. The monoisotopic (exact) mass is 430 g/mol. The lowest BCUT2D eigenvalue weighted by molar-refractivity contribution is -0.119. The molecule has 0 fully saturated rings. The molecule has 3 aromatic rings. The summed E-state index contributed by atoms with van der Waals surface area (Å²) in [6.07, 6.45) is 1.03. The minimum Gasteiger partial charge on any atom is -0.495 e. The van der Waals surface area contributed by atoms with Crippen LogP contribution in [0.25, 0.3) is 11.4 Å². The number of methoxy groups -OCH3 is 1.